The van der Waals surface area contributed by atoms with Crippen molar-refractivity contribution < 1.29 is 9.90 Å². The highest BCUT2D eigenvalue weighted by Crippen LogP contribution is 2.28. The van der Waals surface area contributed by atoms with Gasteiger partial charge < -0.3 is 5.11 Å². The van der Waals surface area contributed by atoms with Crippen molar-refractivity contribution >= 4 is 12.0 Å². The predicted molar refractivity (Wildman–Crippen MR) is 111 cm³/mol. The van der Waals surface area contributed by atoms with Gasteiger partial charge in [0, 0.05) is 5.56 Å². The van der Waals surface area contributed by atoms with Gasteiger partial charge >= 0.3 is 5.97 Å². The lowest BCUT2D eigenvalue weighted by Gasteiger charge is -2.10. The molecule has 0 bridgehead atoms. The second-order valence-corrected chi connectivity index (χ2v) is 6.39. The van der Waals surface area contributed by atoms with Gasteiger partial charge in [-0.25, -0.2) is 4.79 Å². The molecule has 0 fully saturated rings. The van der Waals surface area contributed by atoms with Crippen molar-refractivity contribution in [3.8, 4) is 23.0 Å². The largest absolute Gasteiger partial charge is 0.478 e. The van der Waals surface area contributed by atoms with Crippen molar-refractivity contribution in [1.29, 1.82) is 0 Å². The zero-order chi connectivity index (χ0) is 19.2. The molecule has 3 rings (SSSR count). The molecular formula is C25H20O2. The van der Waals surface area contributed by atoms with E-state index in [1.54, 1.807) is 24.3 Å². The first-order chi connectivity index (χ1) is 13.0. The van der Waals surface area contributed by atoms with Crippen LogP contribution in [-0.2, 0) is 0 Å². The molecule has 0 radical (unpaired) electrons. The predicted octanol–water partition coefficient (Wildman–Crippen LogP) is 5.73. The molecule has 2 heteroatoms. The Bertz CT molecular complexity index is 1040. The summed E-state index contributed by atoms with van der Waals surface area (Å²) in [5.41, 5.74) is 7.03. The second kappa shape index (κ2) is 8.21. The first-order valence-electron chi connectivity index (χ1n) is 8.73. The van der Waals surface area contributed by atoms with E-state index in [9.17, 15) is 4.79 Å². The van der Waals surface area contributed by atoms with Crippen LogP contribution in [-0.4, -0.2) is 11.1 Å². The first kappa shape index (κ1) is 18.2. The summed E-state index contributed by atoms with van der Waals surface area (Å²) >= 11 is 0. The molecule has 3 aromatic rings. The number of aromatic carboxylic acids is 1. The van der Waals surface area contributed by atoms with Crippen LogP contribution in [0.1, 0.15) is 32.6 Å². The fraction of sp³-hybridized carbons (Fsp3) is 0.0800. The van der Waals surface area contributed by atoms with Crippen molar-refractivity contribution in [3.05, 3.63) is 101 Å². The first-order valence-corrected chi connectivity index (χ1v) is 8.73. The normalized spacial score (nSPS) is 10.4. The van der Waals surface area contributed by atoms with Crippen molar-refractivity contribution in [2.24, 2.45) is 0 Å². The molecule has 132 valence electrons. The molecule has 1 N–H and O–H groups in total. The number of benzene rings is 3. The van der Waals surface area contributed by atoms with E-state index in [0.29, 0.717) is 0 Å². The molecule has 0 aliphatic heterocycles. The molecule has 0 saturated carbocycles. The quantitative estimate of drug-likeness (QED) is 0.611. The second-order valence-electron chi connectivity index (χ2n) is 6.39. The highest BCUT2D eigenvalue weighted by molar-refractivity contribution is 5.87. The zero-order valence-corrected chi connectivity index (χ0v) is 15.4. The van der Waals surface area contributed by atoms with Crippen molar-refractivity contribution in [3.63, 3.8) is 0 Å². The van der Waals surface area contributed by atoms with Gasteiger partial charge in [-0.15, -0.1) is 0 Å². The monoisotopic (exact) mass is 352 g/mol. The minimum Gasteiger partial charge on any atom is -0.478 e. The summed E-state index contributed by atoms with van der Waals surface area (Å²) in [6, 6.07) is 21.3. The fourth-order valence-electron chi connectivity index (χ4n) is 2.90. The highest BCUT2D eigenvalue weighted by Gasteiger charge is 2.05. The topological polar surface area (TPSA) is 37.3 Å². The third-order valence-corrected chi connectivity index (χ3v) is 4.34. The smallest absolute Gasteiger partial charge is 0.335 e. The van der Waals surface area contributed by atoms with Gasteiger partial charge in [-0.2, -0.15) is 0 Å². The molecule has 0 heterocycles. The van der Waals surface area contributed by atoms with Crippen LogP contribution in [0.5, 0.6) is 0 Å². The molecule has 3 aromatic carbocycles. The summed E-state index contributed by atoms with van der Waals surface area (Å²) in [6.45, 7) is 4.20. The molecular weight excluding hydrogens is 332 g/mol. The Kier molecular flexibility index (Phi) is 5.54. The number of carboxylic acids is 1. The maximum absolute atomic E-state index is 10.9. The summed E-state index contributed by atoms with van der Waals surface area (Å²) in [7, 11) is 0. The van der Waals surface area contributed by atoms with Crippen molar-refractivity contribution in [2.45, 2.75) is 13.8 Å². The third-order valence-electron chi connectivity index (χ3n) is 4.34. The van der Waals surface area contributed by atoms with Gasteiger partial charge in [-0.05, 0) is 72.5 Å². The SMILES string of the molecule is Cc1ccc(-c2c(C)cccc2/C=C/C#Cc2ccc(C(=O)O)cc2)cc1. The summed E-state index contributed by atoms with van der Waals surface area (Å²) in [4.78, 5) is 10.9. The van der Waals surface area contributed by atoms with Gasteiger partial charge in [0.25, 0.3) is 0 Å². The number of hydrogen-bond acceptors (Lipinski definition) is 1. The number of rotatable bonds is 3. The van der Waals surface area contributed by atoms with Crippen LogP contribution < -0.4 is 0 Å². The van der Waals surface area contributed by atoms with Gasteiger partial charge in [0.15, 0.2) is 0 Å². The minimum atomic E-state index is -0.933. The lowest BCUT2D eigenvalue weighted by atomic mass is 9.94. The molecule has 0 unspecified atom stereocenters. The van der Waals surface area contributed by atoms with E-state index in [-0.39, 0.29) is 5.56 Å². The van der Waals surface area contributed by atoms with Gasteiger partial charge in [0.1, 0.15) is 0 Å². The molecule has 0 atom stereocenters. The summed E-state index contributed by atoms with van der Waals surface area (Å²) in [5, 5.41) is 8.93. The van der Waals surface area contributed by atoms with Crippen molar-refractivity contribution in [1.82, 2.24) is 0 Å². The van der Waals surface area contributed by atoms with E-state index in [1.165, 1.54) is 22.3 Å². The number of aryl methyl sites for hydroxylation is 2. The molecule has 0 amide bonds. The van der Waals surface area contributed by atoms with Gasteiger partial charge in [-0.1, -0.05) is 59.9 Å². The van der Waals surface area contributed by atoms with E-state index in [2.05, 4.69) is 62.1 Å². The van der Waals surface area contributed by atoms with Gasteiger partial charge in [0.05, 0.1) is 5.56 Å². The Morgan fingerprint density at radius 1 is 0.926 bits per heavy atom. The minimum absolute atomic E-state index is 0.263. The van der Waals surface area contributed by atoms with Gasteiger partial charge in [0.2, 0.25) is 0 Å². The van der Waals surface area contributed by atoms with E-state index >= 15 is 0 Å². The Balaban J connectivity index is 1.85. The average molecular weight is 352 g/mol. The molecule has 0 aliphatic rings. The lowest BCUT2D eigenvalue weighted by molar-refractivity contribution is 0.0697. The number of carboxylic acid groups (broad SMARTS) is 1. The van der Waals surface area contributed by atoms with Crippen LogP contribution in [0.25, 0.3) is 17.2 Å². The number of hydrogen-bond donors (Lipinski definition) is 1. The standard InChI is InChI=1S/C25H20O2/c1-18-10-14-22(15-11-18)24-19(2)6-5-9-21(24)8-4-3-7-20-12-16-23(17-13-20)25(26)27/h4-6,8-17H,1-2H3,(H,26,27)/b8-4+. The van der Waals surface area contributed by atoms with Crippen LogP contribution in [0.15, 0.2) is 72.8 Å². The molecule has 0 aromatic heterocycles. The van der Waals surface area contributed by atoms with E-state index in [1.807, 2.05) is 18.2 Å². The number of allylic oxidation sites excluding steroid dienone is 1. The molecule has 0 spiro atoms. The Morgan fingerprint density at radius 3 is 2.30 bits per heavy atom. The lowest BCUT2D eigenvalue weighted by Crippen LogP contribution is -1.94. The zero-order valence-electron chi connectivity index (χ0n) is 15.4. The van der Waals surface area contributed by atoms with E-state index < -0.39 is 5.97 Å². The maximum atomic E-state index is 10.9. The van der Waals surface area contributed by atoms with Crippen LogP contribution in [0.3, 0.4) is 0 Å². The Hall–Kier alpha value is -3.57. The third kappa shape index (κ3) is 4.54. The van der Waals surface area contributed by atoms with Gasteiger partial charge in [-0.3, -0.25) is 0 Å². The summed E-state index contributed by atoms with van der Waals surface area (Å²) < 4.78 is 0. The summed E-state index contributed by atoms with van der Waals surface area (Å²) in [5.74, 6) is 5.13. The molecule has 2 nitrogen and oxygen atoms in total. The molecule has 0 aliphatic carbocycles. The van der Waals surface area contributed by atoms with Crippen LogP contribution in [0, 0.1) is 25.7 Å². The van der Waals surface area contributed by atoms with Crippen LogP contribution >= 0.6 is 0 Å². The summed E-state index contributed by atoms with van der Waals surface area (Å²) in [6.07, 6.45) is 3.85. The van der Waals surface area contributed by atoms with Crippen molar-refractivity contribution in [2.75, 3.05) is 0 Å². The highest BCUT2D eigenvalue weighted by atomic mass is 16.4. The maximum Gasteiger partial charge on any atom is 0.335 e. The Labute approximate surface area is 159 Å². The van der Waals surface area contributed by atoms with Crippen LogP contribution in [0.2, 0.25) is 0 Å². The Morgan fingerprint density at radius 2 is 1.63 bits per heavy atom. The molecule has 27 heavy (non-hydrogen) atoms. The average Bonchev–Trinajstić information content (AvgIpc) is 2.67. The van der Waals surface area contributed by atoms with E-state index in [4.69, 9.17) is 5.11 Å². The molecule has 0 saturated heterocycles. The fourth-order valence-corrected chi connectivity index (χ4v) is 2.90. The van der Waals surface area contributed by atoms with Crippen LogP contribution in [0.4, 0.5) is 0 Å². The number of carbonyl (C=O) groups is 1. The van der Waals surface area contributed by atoms with E-state index in [0.717, 1.165) is 11.1 Å².